The molecule has 3 heterocycles. The summed E-state index contributed by atoms with van der Waals surface area (Å²) in [4.78, 5) is 28.7. The molecule has 0 aliphatic heterocycles. The Morgan fingerprint density at radius 3 is 2.86 bits per heavy atom. The van der Waals surface area contributed by atoms with Crippen molar-refractivity contribution in [3.05, 3.63) is 59.8 Å². The van der Waals surface area contributed by atoms with Crippen LogP contribution in [0.4, 0.5) is 0 Å². The zero-order valence-electron chi connectivity index (χ0n) is 11.7. The van der Waals surface area contributed by atoms with Gasteiger partial charge in [0, 0.05) is 24.0 Å². The smallest absolute Gasteiger partial charge is 0.358 e. The first kappa shape index (κ1) is 14.3. The van der Waals surface area contributed by atoms with Gasteiger partial charge in [-0.1, -0.05) is 6.07 Å². The zero-order valence-corrected chi connectivity index (χ0v) is 12.5. The topological polar surface area (TPSA) is 77.9 Å². The van der Waals surface area contributed by atoms with Crippen molar-refractivity contribution in [3.63, 3.8) is 0 Å². The van der Waals surface area contributed by atoms with E-state index in [2.05, 4.69) is 19.9 Å². The molecule has 0 aromatic carbocycles. The molecule has 1 atom stereocenters. The summed E-state index contributed by atoms with van der Waals surface area (Å²) in [6.07, 6.45) is 5.99. The van der Waals surface area contributed by atoms with E-state index in [4.69, 9.17) is 4.74 Å². The van der Waals surface area contributed by atoms with Crippen LogP contribution in [-0.2, 0) is 4.74 Å². The lowest BCUT2D eigenvalue weighted by molar-refractivity contribution is 0.0323. The molecule has 0 saturated carbocycles. The van der Waals surface area contributed by atoms with Crippen molar-refractivity contribution in [2.45, 2.75) is 13.0 Å². The maximum Gasteiger partial charge on any atom is 0.358 e. The second-order valence-electron chi connectivity index (χ2n) is 4.43. The standard InChI is InChI=1S/C15H12N4O2S/c1-10(11-4-2-3-5-17-11)21-15(20)13-9-22-14(19-13)12-8-16-6-7-18-12/h2-10H,1H3. The monoisotopic (exact) mass is 312 g/mol. The number of ether oxygens (including phenoxy) is 1. The molecular weight excluding hydrogens is 300 g/mol. The average molecular weight is 312 g/mol. The Balaban J connectivity index is 1.72. The number of esters is 1. The summed E-state index contributed by atoms with van der Waals surface area (Å²) >= 11 is 1.32. The molecule has 3 aromatic heterocycles. The fourth-order valence-electron chi connectivity index (χ4n) is 1.79. The van der Waals surface area contributed by atoms with Crippen LogP contribution < -0.4 is 0 Å². The van der Waals surface area contributed by atoms with Gasteiger partial charge in [0.2, 0.25) is 0 Å². The summed E-state index contributed by atoms with van der Waals surface area (Å²) in [5.41, 5.74) is 1.58. The molecular formula is C15H12N4O2S. The van der Waals surface area contributed by atoms with E-state index in [0.29, 0.717) is 16.4 Å². The van der Waals surface area contributed by atoms with Crippen LogP contribution in [0, 0.1) is 0 Å². The second-order valence-corrected chi connectivity index (χ2v) is 5.29. The first-order valence-corrected chi connectivity index (χ1v) is 7.46. The molecule has 0 radical (unpaired) electrons. The number of pyridine rings is 1. The molecule has 22 heavy (non-hydrogen) atoms. The van der Waals surface area contributed by atoms with Gasteiger partial charge < -0.3 is 4.74 Å². The molecule has 0 bridgehead atoms. The minimum atomic E-state index is -0.482. The lowest BCUT2D eigenvalue weighted by atomic mass is 10.2. The molecule has 7 heteroatoms. The molecule has 0 aliphatic carbocycles. The van der Waals surface area contributed by atoms with Crippen LogP contribution in [-0.4, -0.2) is 25.9 Å². The summed E-state index contributed by atoms with van der Waals surface area (Å²) in [5.74, 6) is -0.482. The van der Waals surface area contributed by atoms with Gasteiger partial charge in [0.05, 0.1) is 11.9 Å². The van der Waals surface area contributed by atoms with Crippen LogP contribution in [0.3, 0.4) is 0 Å². The molecule has 0 aliphatic rings. The first-order valence-electron chi connectivity index (χ1n) is 6.58. The third-order valence-electron chi connectivity index (χ3n) is 2.88. The largest absolute Gasteiger partial charge is 0.451 e. The van der Waals surface area contributed by atoms with E-state index in [9.17, 15) is 4.79 Å². The molecule has 0 spiro atoms. The summed E-state index contributed by atoms with van der Waals surface area (Å²) in [6.45, 7) is 1.77. The summed E-state index contributed by atoms with van der Waals surface area (Å²) in [7, 11) is 0. The van der Waals surface area contributed by atoms with Crippen LogP contribution in [0.1, 0.15) is 29.2 Å². The van der Waals surface area contributed by atoms with Crippen LogP contribution in [0.5, 0.6) is 0 Å². The predicted octanol–water partition coefficient (Wildman–Crippen LogP) is 2.91. The second kappa shape index (κ2) is 6.40. The first-order chi connectivity index (χ1) is 10.7. The van der Waals surface area contributed by atoms with Gasteiger partial charge in [0.1, 0.15) is 16.8 Å². The molecule has 3 aromatic rings. The number of aromatic nitrogens is 4. The van der Waals surface area contributed by atoms with Crippen LogP contribution >= 0.6 is 11.3 Å². The van der Waals surface area contributed by atoms with E-state index in [1.807, 2.05) is 18.2 Å². The van der Waals surface area contributed by atoms with E-state index in [1.54, 1.807) is 37.1 Å². The Kier molecular flexibility index (Phi) is 4.15. The van der Waals surface area contributed by atoms with Crippen molar-refractivity contribution in [2.24, 2.45) is 0 Å². The van der Waals surface area contributed by atoms with Crippen molar-refractivity contribution in [1.29, 1.82) is 0 Å². The number of thiazole rings is 1. The van der Waals surface area contributed by atoms with Gasteiger partial charge in [-0.15, -0.1) is 11.3 Å². The Bertz CT molecular complexity index is 761. The van der Waals surface area contributed by atoms with Crippen molar-refractivity contribution in [2.75, 3.05) is 0 Å². The molecule has 1 unspecified atom stereocenters. The number of carbonyl (C=O) groups is 1. The van der Waals surface area contributed by atoms with Crippen molar-refractivity contribution >= 4 is 17.3 Å². The van der Waals surface area contributed by atoms with E-state index in [1.165, 1.54) is 11.3 Å². The molecule has 0 N–H and O–H groups in total. The summed E-state index contributed by atoms with van der Waals surface area (Å²) < 4.78 is 5.38. The van der Waals surface area contributed by atoms with Crippen molar-refractivity contribution < 1.29 is 9.53 Å². The van der Waals surface area contributed by atoms with Crippen molar-refractivity contribution in [1.82, 2.24) is 19.9 Å². The van der Waals surface area contributed by atoms with Gasteiger partial charge in [0.15, 0.2) is 5.69 Å². The molecule has 0 amide bonds. The summed E-state index contributed by atoms with van der Waals surface area (Å²) in [5, 5.41) is 2.28. The minimum Gasteiger partial charge on any atom is -0.451 e. The molecule has 0 saturated heterocycles. The van der Waals surface area contributed by atoms with E-state index in [-0.39, 0.29) is 5.69 Å². The minimum absolute atomic E-state index is 0.258. The maximum absolute atomic E-state index is 12.1. The molecule has 0 fully saturated rings. The Morgan fingerprint density at radius 2 is 2.14 bits per heavy atom. The summed E-state index contributed by atoms with van der Waals surface area (Å²) in [6, 6.07) is 5.47. The quantitative estimate of drug-likeness (QED) is 0.689. The lowest BCUT2D eigenvalue weighted by Crippen LogP contribution is -2.10. The number of nitrogens with zero attached hydrogens (tertiary/aromatic N) is 4. The van der Waals surface area contributed by atoms with Gasteiger partial charge in [-0.25, -0.2) is 9.78 Å². The van der Waals surface area contributed by atoms with Crippen LogP contribution in [0.15, 0.2) is 48.4 Å². The average Bonchev–Trinajstić information content (AvgIpc) is 3.06. The van der Waals surface area contributed by atoms with Crippen molar-refractivity contribution in [3.8, 4) is 10.7 Å². The van der Waals surface area contributed by atoms with Gasteiger partial charge >= 0.3 is 5.97 Å². The van der Waals surface area contributed by atoms with Gasteiger partial charge in [-0.05, 0) is 19.1 Å². The predicted molar refractivity (Wildman–Crippen MR) is 81.2 cm³/mol. The highest BCUT2D eigenvalue weighted by Crippen LogP contribution is 2.22. The number of carbonyl (C=O) groups excluding carboxylic acids is 1. The fourth-order valence-corrected chi connectivity index (χ4v) is 2.54. The highest BCUT2D eigenvalue weighted by atomic mass is 32.1. The third-order valence-corrected chi connectivity index (χ3v) is 3.75. The third kappa shape index (κ3) is 3.15. The Hall–Kier alpha value is -2.67. The number of rotatable bonds is 4. The highest BCUT2D eigenvalue weighted by molar-refractivity contribution is 7.13. The van der Waals surface area contributed by atoms with Crippen LogP contribution in [0.2, 0.25) is 0 Å². The van der Waals surface area contributed by atoms with E-state index >= 15 is 0 Å². The zero-order chi connectivity index (χ0) is 15.4. The Morgan fingerprint density at radius 1 is 1.23 bits per heavy atom. The molecule has 110 valence electrons. The SMILES string of the molecule is CC(OC(=O)c1csc(-c2cnccn2)n1)c1ccccn1. The van der Waals surface area contributed by atoms with Gasteiger partial charge in [0.25, 0.3) is 0 Å². The lowest BCUT2D eigenvalue weighted by Gasteiger charge is -2.11. The number of hydrogen-bond donors (Lipinski definition) is 0. The highest BCUT2D eigenvalue weighted by Gasteiger charge is 2.18. The molecule has 3 rings (SSSR count). The van der Waals surface area contributed by atoms with E-state index in [0.717, 1.165) is 0 Å². The van der Waals surface area contributed by atoms with Gasteiger partial charge in [-0.3, -0.25) is 15.0 Å². The Labute approximate surface area is 130 Å². The fraction of sp³-hybridized carbons (Fsp3) is 0.133. The molecule has 6 nitrogen and oxygen atoms in total. The van der Waals surface area contributed by atoms with E-state index < -0.39 is 12.1 Å². The maximum atomic E-state index is 12.1. The van der Waals surface area contributed by atoms with Crippen LogP contribution in [0.25, 0.3) is 10.7 Å². The van der Waals surface area contributed by atoms with Gasteiger partial charge in [-0.2, -0.15) is 0 Å². The number of hydrogen-bond acceptors (Lipinski definition) is 7. The normalized spacial score (nSPS) is 11.9.